The molecule has 0 aliphatic heterocycles. The smallest absolute Gasteiger partial charge is 0.124 e. The minimum absolute atomic E-state index is 0.187. The number of rotatable bonds is 8. The Morgan fingerprint density at radius 3 is 2.65 bits per heavy atom. The van der Waals surface area contributed by atoms with Crippen LogP contribution in [-0.4, -0.2) is 18.3 Å². The van der Waals surface area contributed by atoms with E-state index in [0.717, 1.165) is 34.3 Å². The second kappa shape index (κ2) is 9.50. The van der Waals surface area contributed by atoms with Gasteiger partial charge in [0, 0.05) is 23.2 Å². The largest absolute Gasteiger partial charge is 0.489 e. The Bertz CT molecular complexity index is 652. The lowest BCUT2D eigenvalue weighted by Gasteiger charge is -2.13. The standard InChI is InChI=1S/C17H18BrCl2NO2/c18-14-3-5-17(13(9-14)10-21-6-1-7-22)23-11-12-2-4-15(19)16(20)8-12/h2-5,8-9,21-22H,1,6-7,10-11H2. The van der Waals surface area contributed by atoms with Gasteiger partial charge in [-0.2, -0.15) is 0 Å². The molecule has 0 spiro atoms. The predicted molar refractivity (Wildman–Crippen MR) is 98.3 cm³/mol. The van der Waals surface area contributed by atoms with Gasteiger partial charge in [0.05, 0.1) is 10.0 Å². The molecule has 2 N–H and O–H groups in total. The highest BCUT2D eigenvalue weighted by Crippen LogP contribution is 2.26. The first-order chi connectivity index (χ1) is 11.1. The van der Waals surface area contributed by atoms with E-state index >= 15 is 0 Å². The van der Waals surface area contributed by atoms with E-state index in [1.165, 1.54) is 0 Å². The molecule has 0 amide bonds. The predicted octanol–water partition coefficient (Wildman–Crippen LogP) is 4.81. The number of nitrogens with one attached hydrogen (secondary N) is 1. The number of benzene rings is 2. The van der Waals surface area contributed by atoms with E-state index in [0.29, 0.717) is 23.2 Å². The van der Waals surface area contributed by atoms with E-state index in [2.05, 4.69) is 21.2 Å². The van der Waals surface area contributed by atoms with Gasteiger partial charge < -0.3 is 15.2 Å². The number of halogens is 3. The molecule has 0 aliphatic carbocycles. The SMILES string of the molecule is OCCCNCc1cc(Br)ccc1OCc1ccc(Cl)c(Cl)c1. The lowest BCUT2D eigenvalue weighted by Crippen LogP contribution is -2.16. The molecule has 0 aliphatic rings. The van der Waals surface area contributed by atoms with Crippen LogP contribution in [-0.2, 0) is 13.2 Å². The van der Waals surface area contributed by atoms with Gasteiger partial charge >= 0.3 is 0 Å². The first kappa shape index (κ1) is 18.6. The van der Waals surface area contributed by atoms with Gasteiger partial charge in [-0.3, -0.25) is 0 Å². The molecule has 3 nitrogen and oxygen atoms in total. The zero-order valence-corrected chi connectivity index (χ0v) is 15.6. The van der Waals surface area contributed by atoms with E-state index in [1.807, 2.05) is 30.3 Å². The van der Waals surface area contributed by atoms with Gasteiger partial charge in [-0.15, -0.1) is 0 Å². The molecular weight excluding hydrogens is 401 g/mol. The first-order valence-electron chi connectivity index (χ1n) is 7.27. The summed E-state index contributed by atoms with van der Waals surface area (Å²) in [5, 5.41) is 13.2. The van der Waals surface area contributed by atoms with Crippen molar-refractivity contribution in [3.63, 3.8) is 0 Å². The Hall–Kier alpha value is -0.780. The van der Waals surface area contributed by atoms with E-state index in [-0.39, 0.29) is 6.61 Å². The Morgan fingerprint density at radius 1 is 1.09 bits per heavy atom. The fourth-order valence-electron chi connectivity index (χ4n) is 2.04. The van der Waals surface area contributed by atoms with Crippen LogP contribution < -0.4 is 10.1 Å². The molecule has 0 bridgehead atoms. The van der Waals surface area contributed by atoms with Gasteiger partial charge in [0.2, 0.25) is 0 Å². The van der Waals surface area contributed by atoms with Crippen molar-refractivity contribution in [3.8, 4) is 5.75 Å². The third-order valence-electron chi connectivity index (χ3n) is 3.23. The Morgan fingerprint density at radius 2 is 1.91 bits per heavy atom. The summed E-state index contributed by atoms with van der Waals surface area (Å²) in [6, 6.07) is 11.4. The highest BCUT2D eigenvalue weighted by molar-refractivity contribution is 9.10. The first-order valence-corrected chi connectivity index (χ1v) is 8.82. The summed E-state index contributed by atoms with van der Waals surface area (Å²) in [6.07, 6.45) is 0.730. The molecule has 23 heavy (non-hydrogen) atoms. The molecule has 2 aromatic carbocycles. The number of hydrogen-bond donors (Lipinski definition) is 2. The van der Waals surface area contributed by atoms with E-state index in [9.17, 15) is 0 Å². The van der Waals surface area contributed by atoms with Crippen LogP contribution in [0, 0.1) is 0 Å². The molecule has 0 unspecified atom stereocenters. The van der Waals surface area contributed by atoms with E-state index in [1.54, 1.807) is 6.07 Å². The highest BCUT2D eigenvalue weighted by atomic mass is 79.9. The van der Waals surface area contributed by atoms with Crippen LogP contribution >= 0.6 is 39.1 Å². The van der Waals surface area contributed by atoms with E-state index in [4.69, 9.17) is 33.0 Å². The average Bonchev–Trinajstić information content (AvgIpc) is 2.54. The normalized spacial score (nSPS) is 10.8. The Kier molecular flexibility index (Phi) is 7.66. The van der Waals surface area contributed by atoms with Crippen LogP contribution in [0.1, 0.15) is 17.5 Å². The van der Waals surface area contributed by atoms with Crippen molar-refractivity contribution in [3.05, 3.63) is 62.0 Å². The van der Waals surface area contributed by atoms with Crippen LogP contribution in [0.5, 0.6) is 5.75 Å². The van der Waals surface area contributed by atoms with Crippen LogP contribution in [0.4, 0.5) is 0 Å². The van der Waals surface area contributed by atoms with Crippen molar-refractivity contribution < 1.29 is 9.84 Å². The summed E-state index contributed by atoms with van der Waals surface area (Å²) < 4.78 is 6.92. The number of hydrogen-bond acceptors (Lipinski definition) is 3. The van der Waals surface area contributed by atoms with Crippen molar-refractivity contribution in [1.82, 2.24) is 5.32 Å². The lowest BCUT2D eigenvalue weighted by molar-refractivity contribution is 0.285. The quantitative estimate of drug-likeness (QED) is 0.604. The van der Waals surface area contributed by atoms with Crippen LogP contribution in [0.3, 0.4) is 0 Å². The summed E-state index contributed by atoms with van der Waals surface area (Å²) in [5.74, 6) is 0.816. The lowest BCUT2D eigenvalue weighted by atomic mass is 10.2. The summed E-state index contributed by atoms with van der Waals surface area (Å²) >= 11 is 15.4. The van der Waals surface area contributed by atoms with Crippen LogP contribution in [0.15, 0.2) is 40.9 Å². The molecule has 2 rings (SSSR count). The molecule has 0 heterocycles. The molecule has 0 saturated heterocycles. The zero-order chi connectivity index (χ0) is 16.7. The number of aliphatic hydroxyl groups excluding tert-OH is 1. The van der Waals surface area contributed by atoms with Crippen molar-refractivity contribution in [2.75, 3.05) is 13.2 Å². The molecular formula is C17H18BrCl2NO2. The summed E-state index contributed by atoms with van der Waals surface area (Å²) in [6.45, 7) is 2.04. The zero-order valence-electron chi connectivity index (χ0n) is 12.5. The summed E-state index contributed by atoms with van der Waals surface area (Å²) in [7, 11) is 0. The van der Waals surface area contributed by atoms with Gasteiger partial charge in [-0.1, -0.05) is 45.2 Å². The fourth-order valence-corrected chi connectivity index (χ4v) is 2.77. The molecule has 0 radical (unpaired) electrons. The molecule has 124 valence electrons. The topological polar surface area (TPSA) is 41.5 Å². The second-order valence-electron chi connectivity index (χ2n) is 5.04. The maximum atomic E-state index is 8.82. The third kappa shape index (κ3) is 5.98. The molecule has 6 heteroatoms. The second-order valence-corrected chi connectivity index (χ2v) is 6.77. The van der Waals surface area contributed by atoms with Crippen LogP contribution in [0.2, 0.25) is 10.0 Å². The molecule has 0 saturated carbocycles. The highest BCUT2D eigenvalue weighted by Gasteiger charge is 2.06. The number of aliphatic hydroxyl groups is 1. The molecule has 0 fully saturated rings. The number of ether oxygens (including phenoxy) is 1. The van der Waals surface area contributed by atoms with Gasteiger partial charge in [-0.25, -0.2) is 0 Å². The average molecular weight is 419 g/mol. The maximum absolute atomic E-state index is 8.82. The third-order valence-corrected chi connectivity index (χ3v) is 4.46. The van der Waals surface area contributed by atoms with E-state index < -0.39 is 0 Å². The van der Waals surface area contributed by atoms with Crippen molar-refractivity contribution in [2.45, 2.75) is 19.6 Å². The monoisotopic (exact) mass is 417 g/mol. The molecule has 2 aromatic rings. The van der Waals surface area contributed by atoms with Crippen molar-refractivity contribution >= 4 is 39.1 Å². The summed E-state index contributed by atoms with van der Waals surface area (Å²) in [4.78, 5) is 0. The minimum atomic E-state index is 0.187. The molecule has 0 aromatic heterocycles. The van der Waals surface area contributed by atoms with Gasteiger partial charge in [0.25, 0.3) is 0 Å². The van der Waals surface area contributed by atoms with Crippen LogP contribution in [0.25, 0.3) is 0 Å². The Labute approximate surface area is 154 Å². The molecule has 0 atom stereocenters. The van der Waals surface area contributed by atoms with Gasteiger partial charge in [-0.05, 0) is 48.9 Å². The summed E-state index contributed by atoms with van der Waals surface area (Å²) in [5.41, 5.74) is 2.01. The van der Waals surface area contributed by atoms with Crippen molar-refractivity contribution in [2.24, 2.45) is 0 Å². The Balaban J connectivity index is 2.01. The minimum Gasteiger partial charge on any atom is -0.489 e. The maximum Gasteiger partial charge on any atom is 0.124 e. The van der Waals surface area contributed by atoms with Gasteiger partial charge in [0.15, 0.2) is 0 Å². The fraction of sp³-hybridized carbons (Fsp3) is 0.294. The van der Waals surface area contributed by atoms with Gasteiger partial charge in [0.1, 0.15) is 12.4 Å². The van der Waals surface area contributed by atoms with Crippen molar-refractivity contribution in [1.29, 1.82) is 0 Å².